The van der Waals surface area contributed by atoms with Crippen molar-refractivity contribution in [1.29, 1.82) is 0 Å². The first-order valence-corrected chi connectivity index (χ1v) is 8.20. The number of para-hydroxylation sites is 1. The molecule has 1 aromatic heterocycles. The first kappa shape index (κ1) is 17.0. The summed E-state index contributed by atoms with van der Waals surface area (Å²) in [5, 5.41) is 10.7. The van der Waals surface area contributed by atoms with Crippen LogP contribution in [-0.4, -0.2) is 22.3 Å². The Labute approximate surface area is 150 Å². The summed E-state index contributed by atoms with van der Waals surface area (Å²) in [7, 11) is 0. The second kappa shape index (κ2) is 6.94. The number of rotatable bonds is 4. The van der Waals surface area contributed by atoms with E-state index in [1.54, 1.807) is 24.3 Å². The van der Waals surface area contributed by atoms with Crippen LogP contribution in [0.2, 0.25) is 0 Å². The van der Waals surface area contributed by atoms with Crippen molar-refractivity contribution in [2.75, 3.05) is 12.0 Å². The van der Waals surface area contributed by atoms with Crippen molar-refractivity contribution in [3.8, 4) is 11.5 Å². The van der Waals surface area contributed by atoms with Crippen LogP contribution < -0.4 is 10.2 Å². The quantitative estimate of drug-likeness (QED) is 0.699. The zero-order chi connectivity index (χ0) is 18.0. The second-order valence-electron chi connectivity index (χ2n) is 5.79. The lowest BCUT2D eigenvalue weighted by atomic mass is 10.1. The molecule has 6 heteroatoms. The van der Waals surface area contributed by atoms with Gasteiger partial charge in [-0.1, -0.05) is 30.4 Å². The molecule has 1 amide bonds. The minimum atomic E-state index is -0.340. The molecule has 0 aliphatic heterocycles. The summed E-state index contributed by atoms with van der Waals surface area (Å²) in [6, 6.07) is 14.3. The van der Waals surface area contributed by atoms with Crippen molar-refractivity contribution in [3.63, 3.8) is 0 Å². The van der Waals surface area contributed by atoms with Gasteiger partial charge in [0, 0.05) is 11.5 Å². The lowest BCUT2D eigenvalue weighted by molar-refractivity contribution is -0.119. The number of aromatic nitrogens is 1. The van der Waals surface area contributed by atoms with Gasteiger partial charge in [0.05, 0.1) is 5.52 Å². The van der Waals surface area contributed by atoms with Gasteiger partial charge in [-0.25, -0.2) is 4.68 Å². The number of phenols is 1. The second-order valence-corrected chi connectivity index (χ2v) is 6.21. The van der Waals surface area contributed by atoms with Gasteiger partial charge in [-0.05, 0) is 49.2 Å². The molecule has 0 fully saturated rings. The summed E-state index contributed by atoms with van der Waals surface area (Å²) in [4.78, 5) is 12.3. The number of hydrogen-bond acceptors (Lipinski definition) is 4. The first-order chi connectivity index (χ1) is 12.0. The van der Waals surface area contributed by atoms with E-state index in [0.29, 0.717) is 15.9 Å². The number of benzene rings is 2. The third-order valence-electron chi connectivity index (χ3n) is 3.90. The van der Waals surface area contributed by atoms with E-state index in [1.807, 2.05) is 38.1 Å². The minimum Gasteiger partial charge on any atom is -0.508 e. The van der Waals surface area contributed by atoms with Crippen molar-refractivity contribution in [3.05, 3.63) is 64.3 Å². The maximum Gasteiger partial charge on any atom is 0.276 e. The average Bonchev–Trinajstić information content (AvgIpc) is 2.57. The maximum atomic E-state index is 12.3. The lowest BCUT2D eigenvalue weighted by Crippen LogP contribution is -2.29. The van der Waals surface area contributed by atoms with E-state index in [0.717, 1.165) is 16.5 Å². The summed E-state index contributed by atoms with van der Waals surface area (Å²) in [5.74, 6) is 0.423. The molecule has 25 heavy (non-hydrogen) atoms. The monoisotopic (exact) mass is 354 g/mol. The highest BCUT2D eigenvalue weighted by atomic mass is 32.1. The summed E-state index contributed by atoms with van der Waals surface area (Å²) in [6.07, 6.45) is 0. The highest BCUT2D eigenvalue weighted by Crippen LogP contribution is 2.23. The van der Waals surface area contributed by atoms with Gasteiger partial charge in [-0.2, -0.15) is 0 Å². The number of pyridine rings is 1. The summed E-state index contributed by atoms with van der Waals surface area (Å²) in [6.45, 7) is 3.71. The predicted octanol–water partition coefficient (Wildman–Crippen LogP) is 3.84. The summed E-state index contributed by atoms with van der Waals surface area (Å²) < 4.78 is 7.49. The average molecular weight is 354 g/mol. The normalized spacial score (nSPS) is 10.6. The fourth-order valence-electron chi connectivity index (χ4n) is 2.62. The van der Waals surface area contributed by atoms with Crippen LogP contribution in [0.15, 0.2) is 48.5 Å². The molecule has 2 aromatic carbocycles. The fourth-order valence-corrected chi connectivity index (χ4v) is 2.94. The molecule has 0 saturated heterocycles. The van der Waals surface area contributed by atoms with E-state index in [9.17, 15) is 9.90 Å². The highest BCUT2D eigenvalue weighted by molar-refractivity contribution is 7.71. The van der Waals surface area contributed by atoms with Crippen LogP contribution >= 0.6 is 12.2 Å². The van der Waals surface area contributed by atoms with Gasteiger partial charge in [0.25, 0.3) is 5.91 Å². The zero-order valence-corrected chi connectivity index (χ0v) is 14.8. The molecule has 2 N–H and O–H groups in total. The Morgan fingerprint density at radius 3 is 2.68 bits per heavy atom. The molecule has 0 spiro atoms. The third kappa shape index (κ3) is 3.64. The first-order valence-electron chi connectivity index (χ1n) is 7.79. The molecule has 128 valence electrons. The highest BCUT2D eigenvalue weighted by Gasteiger charge is 2.10. The number of phenolic OH excluding ortho intramolecular Hbond substituents is 1. The number of aromatic hydroxyl groups is 1. The molecule has 1 heterocycles. The SMILES string of the molecule is Cc1ccccc1OCC(=O)Nn1c(=S)cc(C)c2ccc(O)cc21. The Morgan fingerprint density at radius 1 is 1.16 bits per heavy atom. The molecule has 0 aliphatic carbocycles. The summed E-state index contributed by atoms with van der Waals surface area (Å²) in [5.41, 5.74) is 5.30. The molecule has 5 nitrogen and oxygen atoms in total. The van der Waals surface area contributed by atoms with Gasteiger partial charge in [0.2, 0.25) is 0 Å². The Bertz CT molecular complexity index is 1010. The number of carbonyl (C=O) groups is 1. The van der Waals surface area contributed by atoms with Crippen molar-refractivity contribution in [1.82, 2.24) is 4.68 Å². The van der Waals surface area contributed by atoms with Crippen molar-refractivity contribution in [2.24, 2.45) is 0 Å². The lowest BCUT2D eigenvalue weighted by Gasteiger charge is -2.15. The number of nitrogens with zero attached hydrogens (tertiary/aromatic N) is 1. The van der Waals surface area contributed by atoms with Crippen molar-refractivity contribution >= 4 is 29.0 Å². The van der Waals surface area contributed by atoms with Gasteiger partial charge in [0.15, 0.2) is 6.61 Å². The van der Waals surface area contributed by atoms with E-state index in [2.05, 4.69) is 5.43 Å². The van der Waals surface area contributed by atoms with Gasteiger partial charge in [0.1, 0.15) is 16.1 Å². The number of ether oxygens (including phenoxy) is 1. The summed E-state index contributed by atoms with van der Waals surface area (Å²) >= 11 is 5.35. The molecule has 0 bridgehead atoms. The Hall–Kier alpha value is -2.86. The van der Waals surface area contributed by atoms with E-state index in [1.165, 1.54) is 4.68 Å². The minimum absolute atomic E-state index is 0.103. The van der Waals surface area contributed by atoms with Crippen molar-refractivity contribution < 1.29 is 14.6 Å². The van der Waals surface area contributed by atoms with Gasteiger partial charge in [-0.15, -0.1) is 0 Å². The number of fused-ring (bicyclic) bond motifs is 1. The van der Waals surface area contributed by atoms with Gasteiger partial charge in [-0.3, -0.25) is 10.2 Å². The van der Waals surface area contributed by atoms with E-state index in [-0.39, 0.29) is 18.3 Å². The van der Waals surface area contributed by atoms with Crippen LogP contribution in [0.5, 0.6) is 11.5 Å². The number of nitrogens with one attached hydrogen (secondary N) is 1. The molecule has 0 aliphatic rings. The van der Waals surface area contributed by atoms with Gasteiger partial charge >= 0.3 is 0 Å². The van der Waals surface area contributed by atoms with E-state index < -0.39 is 0 Å². The largest absolute Gasteiger partial charge is 0.508 e. The van der Waals surface area contributed by atoms with E-state index in [4.69, 9.17) is 17.0 Å². The molecular weight excluding hydrogens is 336 g/mol. The number of aryl methyl sites for hydroxylation is 2. The van der Waals surface area contributed by atoms with Crippen LogP contribution in [0.25, 0.3) is 10.9 Å². The standard InChI is InChI=1S/C19H18N2O3S/c1-12-5-3-4-6-17(12)24-11-18(23)20-21-16-10-14(22)7-8-15(16)13(2)9-19(21)25/h3-10,22H,11H2,1-2H3,(H,20,23). The third-order valence-corrected chi connectivity index (χ3v) is 4.20. The van der Waals surface area contributed by atoms with Crippen LogP contribution in [0.4, 0.5) is 0 Å². The van der Waals surface area contributed by atoms with Crippen LogP contribution in [0.3, 0.4) is 0 Å². The molecule has 0 atom stereocenters. The van der Waals surface area contributed by atoms with Crippen LogP contribution in [0, 0.1) is 18.5 Å². The van der Waals surface area contributed by atoms with Crippen LogP contribution in [-0.2, 0) is 4.79 Å². The molecule has 0 saturated carbocycles. The Kier molecular flexibility index (Phi) is 4.72. The number of amides is 1. The Balaban J connectivity index is 1.85. The van der Waals surface area contributed by atoms with E-state index >= 15 is 0 Å². The molecule has 3 aromatic rings. The molecule has 3 rings (SSSR count). The smallest absolute Gasteiger partial charge is 0.276 e. The fraction of sp³-hybridized carbons (Fsp3) is 0.158. The number of hydrogen-bond donors (Lipinski definition) is 2. The maximum absolute atomic E-state index is 12.3. The van der Waals surface area contributed by atoms with Gasteiger partial charge < -0.3 is 9.84 Å². The molecule has 0 unspecified atom stereocenters. The topological polar surface area (TPSA) is 63.5 Å². The zero-order valence-electron chi connectivity index (χ0n) is 13.9. The number of carbonyl (C=O) groups excluding carboxylic acids is 1. The molecular formula is C19H18N2O3S. The predicted molar refractivity (Wildman–Crippen MR) is 100 cm³/mol. The van der Waals surface area contributed by atoms with Crippen LogP contribution in [0.1, 0.15) is 11.1 Å². The molecule has 0 radical (unpaired) electrons. The van der Waals surface area contributed by atoms with Crippen molar-refractivity contribution in [2.45, 2.75) is 13.8 Å². The Morgan fingerprint density at radius 2 is 1.92 bits per heavy atom.